The standard InChI is InChI=1S/C13H26F2O2S/c1-5-7-8-12(6-2)9-17-13(16)11(3)10-18(4,14)15/h11-12H,5-10H2,1-4H3. The number of carbonyl (C=O) groups excluding carboxylic acids is 1. The first-order chi connectivity index (χ1) is 8.30. The first-order valence-electron chi connectivity index (χ1n) is 6.62. The van der Waals surface area contributed by atoms with E-state index in [2.05, 4.69) is 13.8 Å². The van der Waals surface area contributed by atoms with Crippen LogP contribution in [0.4, 0.5) is 7.77 Å². The number of unbranched alkanes of at least 4 members (excludes halogenated alkanes) is 1. The van der Waals surface area contributed by atoms with Crippen LogP contribution < -0.4 is 0 Å². The molecule has 2 unspecified atom stereocenters. The minimum atomic E-state index is -3.63. The first kappa shape index (κ1) is 17.7. The van der Waals surface area contributed by atoms with E-state index in [0.717, 1.165) is 31.9 Å². The van der Waals surface area contributed by atoms with E-state index in [-0.39, 0.29) is 5.75 Å². The van der Waals surface area contributed by atoms with Gasteiger partial charge in [-0.1, -0.05) is 40.0 Å². The fourth-order valence-corrected chi connectivity index (χ4v) is 2.76. The topological polar surface area (TPSA) is 26.3 Å². The number of halogens is 2. The molecule has 0 heterocycles. The highest BCUT2D eigenvalue weighted by atomic mass is 32.3. The van der Waals surface area contributed by atoms with Gasteiger partial charge in [0.1, 0.15) is 0 Å². The summed E-state index contributed by atoms with van der Waals surface area (Å²) in [6.07, 6.45) is 5.13. The Labute approximate surface area is 111 Å². The van der Waals surface area contributed by atoms with Gasteiger partial charge < -0.3 is 4.74 Å². The summed E-state index contributed by atoms with van der Waals surface area (Å²) in [5, 5.41) is 0. The highest BCUT2D eigenvalue weighted by Gasteiger charge is 2.25. The van der Waals surface area contributed by atoms with Gasteiger partial charge in [0, 0.05) is 12.0 Å². The van der Waals surface area contributed by atoms with Gasteiger partial charge in [0.2, 0.25) is 0 Å². The Hall–Kier alpha value is -0.320. The molecule has 0 N–H and O–H groups in total. The molecule has 110 valence electrons. The minimum absolute atomic E-state index is 0.357. The predicted octanol–water partition coefficient (Wildman–Crippen LogP) is 4.59. The smallest absolute Gasteiger partial charge is 0.309 e. The molecular formula is C13H26F2O2S. The summed E-state index contributed by atoms with van der Waals surface area (Å²) in [6.45, 7) is 6.05. The summed E-state index contributed by atoms with van der Waals surface area (Å²) in [4.78, 5) is 11.6. The van der Waals surface area contributed by atoms with Gasteiger partial charge in [-0.15, -0.1) is 0 Å². The SMILES string of the molecule is CCCCC(CC)COC(=O)C(C)CS(C)(F)F. The third-order valence-electron chi connectivity index (χ3n) is 2.95. The van der Waals surface area contributed by atoms with Gasteiger partial charge in [-0.2, -0.15) is 7.77 Å². The van der Waals surface area contributed by atoms with E-state index in [0.29, 0.717) is 12.5 Å². The summed E-state index contributed by atoms with van der Waals surface area (Å²) in [7, 11) is -3.63. The molecule has 18 heavy (non-hydrogen) atoms. The molecule has 0 aliphatic heterocycles. The molecule has 0 radical (unpaired) electrons. The van der Waals surface area contributed by atoms with E-state index in [1.807, 2.05) is 0 Å². The lowest BCUT2D eigenvalue weighted by molar-refractivity contribution is -0.148. The molecule has 0 aromatic heterocycles. The quantitative estimate of drug-likeness (QED) is 0.579. The Balaban J connectivity index is 3.99. The monoisotopic (exact) mass is 284 g/mol. The molecule has 0 aliphatic rings. The molecule has 0 saturated heterocycles. The second-order valence-corrected chi connectivity index (χ2v) is 7.07. The fraction of sp³-hybridized carbons (Fsp3) is 0.923. The number of ether oxygens (including phenoxy) is 1. The lowest BCUT2D eigenvalue weighted by Gasteiger charge is -2.20. The van der Waals surface area contributed by atoms with E-state index in [9.17, 15) is 12.6 Å². The normalized spacial score (nSPS) is 16.1. The Morgan fingerprint density at radius 1 is 1.33 bits per heavy atom. The van der Waals surface area contributed by atoms with Crippen molar-refractivity contribution < 1.29 is 17.3 Å². The average molecular weight is 284 g/mol. The molecule has 0 aromatic carbocycles. The van der Waals surface area contributed by atoms with Crippen molar-refractivity contribution >= 4 is 16.8 Å². The Morgan fingerprint density at radius 2 is 1.94 bits per heavy atom. The van der Waals surface area contributed by atoms with Gasteiger partial charge in [-0.25, -0.2) is 0 Å². The van der Waals surface area contributed by atoms with Crippen LogP contribution >= 0.6 is 10.8 Å². The lowest BCUT2D eigenvalue weighted by Crippen LogP contribution is -2.22. The van der Waals surface area contributed by atoms with E-state index >= 15 is 0 Å². The molecule has 2 nitrogen and oxygen atoms in total. The predicted molar refractivity (Wildman–Crippen MR) is 74.0 cm³/mol. The van der Waals surface area contributed by atoms with Crippen LogP contribution in [0.1, 0.15) is 46.5 Å². The van der Waals surface area contributed by atoms with Gasteiger partial charge in [0.25, 0.3) is 0 Å². The van der Waals surface area contributed by atoms with E-state index in [1.165, 1.54) is 6.92 Å². The van der Waals surface area contributed by atoms with Crippen LogP contribution in [0.2, 0.25) is 0 Å². The van der Waals surface area contributed by atoms with E-state index in [1.54, 1.807) is 0 Å². The van der Waals surface area contributed by atoms with Gasteiger partial charge in [0.05, 0.1) is 23.3 Å². The number of esters is 1. The summed E-state index contributed by atoms with van der Waals surface area (Å²) in [5.74, 6) is -1.20. The molecule has 0 saturated carbocycles. The molecule has 0 aliphatic carbocycles. The summed E-state index contributed by atoms with van der Waals surface area (Å²) in [5.41, 5.74) is 0. The van der Waals surface area contributed by atoms with Crippen molar-refractivity contribution in [1.82, 2.24) is 0 Å². The van der Waals surface area contributed by atoms with Crippen LogP contribution in [0.15, 0.2) is 0 Å². The zero-order valence-corrected chi connectivity index (χ0v) is 12.7. The highest BCUT2D eigenvalue weighted by Crippen LogP contribution is 2.48. The molecule has 0 rings (SSSR count). The first-order valence-corrected chi connectivity index (χ1v) is 8.63. The van der Waals surface area contributed by atoms with Crippen molar-refractivity contribution in [2.75, 3.05) is 18.6 Å². The third-order valence-corrected chi connectivity index (χ3v) is 4.03. The van der Waals surface area contributed by atoms with Crippen LogP contribution in [-0.2, 0) is 9.53 Å². The molecular weight excluding hydrogens is 258 g/mol. The Kier molecular flexibility index (Phi) is 8.57. The van der Waals surface area contributed by atoms with Crippen LogP contribution in [-0.4, -0.2) is 24.6 Å². The van der Waals surface area contributed by atoms with Gasteiger partial charge in [0.15, 0.2) is 0 Å². The minimum Gasteiger partial charge on any atom is -0.465 e. The Bertz CT molecular complexity index is 242. The molecule has 0 aromatic rings. The molecule has 0 amide bonds. The summed E-state index contributed by atoms with van der Waals surface area (Å²) >= 11 is 0. The van der Waals surface area contributed by atoms with Crippen molar-refractivity contribution in [3.05, 3.63) is 0 Å². The van der Waals surface area contributed by atoms with Crippen molar-refractivity contribution in [3.63, 3.8) is 0 Å². The van der Waals surface area contributed by atoms with Crippen molar-refractivity contribution in [1.29, 1.82) is 0 Å². The third kappa shape index (κ3) is 8.72. The number of rotatable bonds is 9. The van der Waals surface area contributed by atoms with Gasteiger partial charge >= 0.3 is 5.97 Å². The van der Waals surface area contributed by atoms with Crippen molar-refractivity contribution in [3.8, 4) is 0 Å². The van der Waals surface area contributed by atoms with Crippen LogP contribution in [0.3, 0.4) is 0 Å². The van der Waals surface area contributed by atoms with Crippen molar-refractivity contribution in [2.24, 2.45) is 11.8 Å². The summed E-state index contributed by atoms with van der Waals surface area (Å²) in [6, 6.07) is 0. The van der Waals surface area contributed by atoms with Crippen LogP contribution in [0.25, 0.3) is 0 Å². The molecule has 0 bridgehead atoms. The number of hydrogen-bond acceptors (Lipinski definition) is 2. The van der Waals surface area contributed by atoms with Crippen molar-refractivity contribution in [2.45, 2.75) is 46.5 Å². The molecule has 0 fully saturated rings. The number of carbonyl (C=O) groups is 1. The number of hydrogen-bond donors (Lipinski definition) is 0. The zero-order valence-electron chi connectivity index (χ0n) is 11.9. The largest absolute Gasteiger partial charge is 0.465 e. The second-order valence-electron chi connectivity index (χ2n) is 4.99. The summed E-state index contributed by atoms with van der Waals surface area (Å²) < 4.78 is 30.8. The fourth-order valence-electron chi connectivity index (χ4n) is 1.75. The maximum Gasteiger partial charge on any atom is 0.309 e. The molecule has 0 spiro atoms. The second kappa shape index (κ2) is 8.73. The van der Waals surface area contributed by atoms with E-state index in [4.69, 9.17) is 4.74 Å². The maximum atomic E-state index is 12.8. The highest BCUT2D eigenvalue weighted by molar-refractivity contribution is 8.24. The zero-order chi connectivity index (χ0) is 14.2. The lowest BCUT2D eigenvalue weighted by atomic mass is 10.0. The van der Waals surface area contributed by atoms with Gasteiger partial charge in [-0.05, 0) is 12.3 Å². The average Bonchev–Trinajstić information content (AvgIpc) is 2.26. The van der Waals surface area contributed by atoms with Crippen LogP contribution in [0, 0.1) is 11.8 Å². The van der Waals surface area contributed by atoms with Crippen LogP contribution in [0.5, 0.6) is 0 Å². The molecule has 5 heteroatoms. The van der Waals surface area contributed by atoms with Gasteiger partial charge in [-0.3, -0.25) is 4.79 Å². The maximum absolute atomic E-state index is 12.8. The Morgan fingerprint density at radius 3 is 2.39 bits per heavy atom. The van der Waals surface area contributed by atoms with E-state index < -0.39 is 22.7 Å². The molecule has 2 atom stereocenters.